The third-order valence-corrected chi connectivity index (χ3v) is 5.64. The maximum absolute atomic E-state index is 6.31. The van der Waals surface area contributed by atoms with Crippen molar-refractivity contribution in [2.75, 3.05) is 0 Å². The molecule has 4 saturated carbocycles. The van der Waals surface area contributed by atoms with Crippen LogP contribution >= 0.6 is 0 Å². The molecule has 0 radical (unpaired) electrons. The normalized spacial score (nSPS) is 59.6. The minimum Gasteiger partial charge on any atom is -0.327 e. The molecule has 3 atom stereocenters. The maximum atomic E-state index is 6.31. The average molecular weight is 207 g/mol. The lowest BCUT2D eigenvalue weighted by Crippen LogP contribution is -2.59. The molecule has 0 saturated heterocycles. The lowest BCUT2D eigenvalue weighted by atomic mass is 9.39. The van der Waals surface area contributed by atoms with Gasteiger partial charge in [0, 0.05) is 6.04 Å². The first-order valence-corrected chi connectivity index (χ1v) is 6.61. The van der Waals surface area contributed by atoms with E-state index in [2.05, 4.69) is 20.8 Å². The van der Waals surface area contributed by atoms with Crippen LogP contribution in [0.3, 0.4) is 0 Å². The second-order valence-corrected chi connectivity index (χ2v) is 7.78. The Balaban J connectivity index is 2.02. The van der Waals surface area contributed by atoms with Crippen LogP contribution in [0.5, 0.6) is 0 Å². The van der Waals surface area contributed by atoms with Gasteiger partial charge in [0.1, 0.15) is 0 Å². The van der Waals surface area contributed by atoms with Gasteiger partial charge in [-0.05, 0) is 67.6 Å². The smallest absolute Gasteiger partial charge is 0.00675 e. The van der Waals surface area contributed by atoms with Crippen LogP contribution in [0.15, 0.2) is 0 Å². The van der Waals surface area contributed by atoms with Crippen molar-refractivity contribution in [1.29, 1.82) is 0 Å². The van der Waals surface area contributed by atoms with Crippen LogP contribution in [0, 0.1) is 22.2 Å². The topological polar surface area (TPSA) is 26.0 Å². The van der Waals surface area contributed by atoms with Crippen molar-refractivity contribution in [3.63, 3.8) is 0 Å². The van der Waals surface area contributed by atoms with Gasteiger partial charge in [-0.25, -0.2) is 0 Å². The van der Waals surface area contributed by atoms with E-state index in [1.807, 2.05) is 0 Å². The highest BCUT2D eigenvalue weighted by Crippen LogP contribution is 2.70. The Morgan fingerprint density at radius 2 is 1.53 bits per heavy atom. The van der Waals surface area contributed by atoms with E-state index in [4.69, 9.17) is 5.73 Å². The molecule has 0 aliphatic heterocycles. The molecule has 0 spiro atoms. The fraction of sp³-hybridized carbons (Fsp3) is 1.00. The van der Waals surface area contributed by atoms with Crippen molar-refractivity contribution in [3.8, 4) is 0 Å². The Hall–Kier alpha value is -0.0400. The summed E-state index contributed by atoms with van der Waals surface area (Å²) in [4.78, 5) is 0. The molecule has 4 bridgehead atoms. The summed E-state index contributed by atoms with van der Waals surface area (Å²) < 4.78 is 0. The van der Waals surface area contributed by atoms with Crippen molar-refractivity contribution in [1.82, 2.24) is 0 Å². The van der Waals surface area contributed by atoms with Crippen LogP contribution < -0.4 is 5.73 Å². The van der Waals surface area contributed by atoms with Crippen LogP contribution in [0.2, 0.25) is 0 Å². The van der Waals surface area contributed by atoms with Gasteiger partial charge >= 0.3 is 0 Å². The molecule has 0 amide bonds. The predicted octanol–water partition coefficient (Wildman–Crippen LogP) is 3.33. The summed E-state index contributed by atoms with van der Waals surface area (Å²) in [6, 6.07) is 0.402. The second-order valence-electron chi connectivity index (χ2n) is 7.78. The van der Waals surface area contributed by atoms with Crippen molar-refractivity contribution < 1.29 is 0 Å². The van der Waals surface area contributed by atoms with Crippen LogP contribution in [0.4, 0.5) is 0 Å². The summed E-state index contributed by atoms with van der Waals surface area (Å²) in [5.74, 6) is 0.988. The van der Waals surface area contributed by atoms with E-state index < -0.39 is 0 Å². The number of hydrogen-bond donors (Lipinski definition) is 1. The Morgan fingerprint density at radius 3 is 1.93 bits per heavy atom. The molecule has 2 N–H and O–H groups in total. The Bertz CT molecular complexity index is 276. The van der Waals surface area contributed by atoms with Crippen molar-refractivity contribution in [2.24, 2.45) is 27.9 Å². The molecule has 0 unspecified atom stereocenters. The minimum absolute atomic E-state index is 0.402. The monoisotopic (exact) mass is 207 g/mol. The zero-order chi connectivity index (χ0) is 10.9. The standard InChI is InChI=1S/C14H25N/c1-10(15)14-6-11-4-12(2,8-14)7-13(3,5-11)9-14/h10-11H,4-9,15H2,1-3H3/t10-,11?,12-,13-,14?/m1/s1. The van der Waals surface area contributed by atoms with Gasteiger partial charge in [0.05, 0.1) is 0 Å². The Kier molecular flexibility index (Phi) is 1.77. The molecule has 1 heteroatoms. The molecule has 0 aromatic carbocycles. The van der Waals surface area contributed by atoms with Gasteiger partial charge in [0.2, 0.25) is 0 Å². The van der Waals surface area contributed by atoms with E-state index in [-0.39, 0.29) is 0 Å². The first kappa shape index (κ1) is 10.1. The Labute approximate surface area is 93.8 Å². The van der Waals surface area contributed by atoms with E-state index in [1.165, 1.54) is 38.5 Å². The SMILES string of the molecule is C[C@@H](N)C12CC3C[C@@](C)(C1)C[C@@](C)(C3)C2. The summed E-state index contributed by atoms with van der Waals surface area (Å²) in [5.41, 5.74) is 8.07. The van der Waals surface area contributed by atoms with E-state index in [1.54, 1.807) is 0 Å². The zero-order valence-corrected chi connectivity index (χ0v) is 10.5. The van der Waals surface area contributed by atoms with Gasteiger partial charge in [0.15, 0.2) is 0 Å². The molecular weight excluding hydrogens is 182 g/mol. The van der Waals surface area contributed by atoms with Crippen LogP contribution in [0.1, 0.15) is 59.3 Å². The summed E-state index contributed by atoms with van der Waals surface area (Å²) in [5, 5.41) is 0. The van der Waals surface area contributed by atoms with E-state index in [9.17, 15) is 0 Å². The van der Waals surface area contributed by atoms with Crippen molar-refractivity contribution in [2.45, 2.75) is 65.3 Å². The molecule has 0 heterocycles. The highest BCUT2D eigenvalue weighted by atomic mass is 14.7. The molecular formula is C14H25N. The van der Waals surface area contributed by atoms with Crippen LogP contribution in [0.25, 0.3) is 0 Å². The zero-order valence-electron chi connectivity index (χ0n) is 10.5. The van der Waals surface area contributed by atoms with Gasteiger partial charge < -0.3 is 5.73 Å². The minimum atomic E-state index is 0.402. The van der Waals surface area contributed by atoms with E-state index in [0.29, 0.717) is 22.3 Å². The van der Waals surface area contributed by atoms with Crippen molar-refractivity contribution >= 4 is 0 Å². The van der Waals surface area contributed by atoms with Crippen LogP contribution in [-0.2, 0) is 0 Å². The summed E-state index contributed by atoms with van der Waals surface area (Å²) in [6.45, 7) is 7.29. The summed E-state index contributed by atoms with van der Waals surface area (Å²) >= 11 is 0. The van der Waals surface area contributed by atoms with E-state index >= 15 is 0 Å². The third-order valence-electron chi connectivity index (χ3n) is 5.64. The van der Waals surface area contributed by atoms with Crippen LogP contribution in [-0.4, -0.2) is 6.04 Å². The highest BCUT2D eigenvalue weighted by Gasteiger charge is 2.60. The van der Waals surface area contributed by atoms with Gasteiger partial charge in [-0.3, -0.25) is 0 Å². The molecule has 4 aliphatic carbocycles. The molecule has 15 heavy (non-hydrogen) atoms. The van der Waals surface area contributed by atoms with E-state index in [0.717, 1.165) is 5.92 Å². The molecule has 4 rings (SSSR count). The lowest BCUT2D eigenvalue weighted by Gasteiger charge is -2.66. The molecule has 0 aromatic rings. The van der Waals surface area contributed by atoms with Gasteiger partial charge in [-0.1, -0.05) is 13.8 Å². The number of rotatable bonds is 1. The fourth-order valence-electron chi connectivity index (χ4n) is 6.04. The number of nitrogens with two attached hydrogens (primary N) is 1. The molecule has 0 aromatic heterocycles. The predicted molar refractivity (Wildman–Crippen MR) is 63.5 cm³/mol. The first-order chi connectivity index (χ1) is 6.85. The highest BCUT2D eigenvalue weighted by molar-refractivity contribution is 5.12. The molecule has 4 fully saturated rings. The fourth-order valence-corrected chi connectivity index (χ4v) is 6.04. The lowest BCUT2D eigenvalue weighted by molar-refractivity contribution is -0.151. The van der Waals surface area contributed by atoms with Gasteiger partial charge in [-0.2, -0.15) is 0 Å². The van der Waals surface area contributed by atoms with Crippen molar-refractivity contribution in [3.05, 3.63) is 0 Å². The summed E-state index contributed by atoms with van der Waals surface area (Å²) in [7, 11) is 0. The molecule has 4 aliphatic rings. The van der Waals surface area contributed by atoms with Gasteiger partial charge in [-0.15, -0.1) is 0 Å². The average Bonchev–Trinajstić information content (AvgIpc) is 1.95. The second kappa shape index (κ2) is 2.61. The number of hydrogen-bond acceptors (Lipinski definition) is 1. The van der Waals surface area contributed by atoms with Gasteiger partial charge in [0.25, 0.3) is 0 Å². The Morgan fingerprint density at radius 1 is 1.00 bits per heavy atom. The maximum Gasteiger partial charge on any atom is 0.00675 e. The third kappa shape index (κ3) is 1.32. The quantitative estimate of drug-likeness (QED) is 0.701. The molecule has 1 nitrogen and oxygen atoms in total. The molecule has 86 valence electrons. The largest absolute Gasteiger partial charge is 0.327 e. The summed E-state index contributed by atoms with van der Waals surface area (Å²) in [6.07, 6.45) is 8.67. The first-order valence-electron chi connectivity index (χ1n) is 6.61.